The number of ether oxygens (including phenoxy) is 1. The van der Waals surface area contributed by atoms with Crippen LogP contribution in [0.15, 0.2) is 18.2 Å². The third-order valence-corrected chi connectivity index (χ3v) is 3.86. The van der Waals surface area contributed by atoms with Crippen LogP contribution in [0.5, 0.6) is 0 Å². The standard InChI is InChI=1S/C14H20FN5O2/c15-12-7-10(20-9-11(8-16)22-14(20)21)1-2-13(12)19-5-3-17-18-4-6-19/h1-2,7,11,17-18H,3-6,8-9,16H2/t11-/m0/s1. The van der Waals surface area contributed by atoms with Gasteiger partial charge >= 0.3 is 6.09 Å². The van der Waals surface area contributed by atoms with Gasteiger partial charge in [0.25, 0.3) is 0 Å². The molecule has 7 nitrogen and oxygen atoms in total. The summed E-state index contributed by atoms with van der Waals surface area (Å²) in [5, 5.41) is 0. The molecule has 2 aliphatic rings. The number of cyclic esters (lactones) is 1. The lowest BCUT2D eigenvalue weighted by Gasteiger charge is -2.23. The molecule has 0 aliphatic carbocycles. The van der Waals surface area contributed by atoms with Gasteiger partial charge in [0.2, 0.25) is 0 Å². The van der Waals surface area contributed by atoms with Crippen molar-refractivity contribution in [3.63, 3.8) is 0 Å². The number of nitrogens with one attached hydrogen (secondary N) is 2. The molecular formula is C14H20FN5O2. The van der Waals surface area contributed by atoms with Gasteiger partial charge in [-0.1, -0.05) is 0 Å². The third-order valence-electron chi connectivity index (χ3n) is 3.86. The van der Waals surface area contributed by atoms with Crippen LogP contribution in [0.2, 0.25) is 0 Å². The molecule has 2 aliphatic heterocycles. The minimum Gasteiger partial charge on any atom is -0.443 e. The zero-order valence-electron chi connectivity index (χ0n) is 12.2. The molecule has 0 unspecified atom stereocenters. The Kier molecular flexibility index (Phi) is 4.41. The van der Waals surface area contributed by atoms with Crippen molar-refractivity contribution in [2.24, 2.45) is 5.73 Å². The van der Waals surface area contributed by atoms with E-state index < -0.39 is 6.09 Å². The van der Waals surface area contributed by atoms with Crippen molar-refractivity contribution in [1.29, 1.82) is 0 Å². The number of carbonyl (C=O) groups is 1. The van der Waals surface area contributed by atoms with Crippen LogP contribution in [0.1, 0.15) is 0 Å². The Balaban J connectivity index is 1.78. The molecule has 8 heteroatoms. The first-order valence-corrected chi connectivity index (χ1v) is 7.37. The van der Waals surface area contributed by atoms with Crippen molar-refractivity contribution < 1.29 is 13.9 Å². The molecule has 4 N–H and O–H groups in total. The van der Waals surface area contributed by atoms with E-state index in [2.05, 4.69) is 10.9 Å². The molecule has 3 rings (SSSR count). The first kappa shape index (κ1) is 15.0. The number of carbonyl (C=O) groups excluding carboxylic acids is 1. The normalized spacial score (nSPS) is 22.6. The number of benzene rings is 1. The van der Waals surface area contributed by atoms with Crippen molar-refractivity contribution in [2.45, 2.75) is 6.10 Å². The highest BCUT2D eigenvalue weighted by atomic mass is 19.1. The molecule has 1 aromatic carbocycles. The van der Waals surface area contributed by atoms with E-state index in [0.29, 0.717) is 31.0 Å². The second-order valence-corrected chi connectivity index (χ2v) is 5.33. The highest BCUT2D eigenvalue weighted by molar-refractivity contribution is 5.90. The summed E-state index contributed by atoms with van der Waals surface area (Å²) in [7, 11) is 0. The Morgan fingerprint density at radius 2 is 2.05 bits per heavy atom. The molecule has 0 saturated carbocycles. The van der Waals surface area contributed by atoms with E-state index in [1.165, 1.54) is 11.0 Å². The van der Waals surface area contributed by atoms with Crippen LogP contribution in [-0.4, -0.2) is 51.5 Å². The van der Waals surface area contributed by atoms with Gasteiger partial charge < -0.3 is 15.4 Å². The summed E-state index contributed by atoms with van der Waals surface area (Å²) in [5.74, 6) is -0.344. The second kappa shape index (κ2) is 6.47. The summed E-state index contributed by atoms with van der Waals surface area (Å²) < 4.78 is 19.5. The van der Waals surface area contributed by atoms with Crippen LogP contribution in [-0.2, 0) is 4.74 Å². The SMILES string of the molecule is NC[C@H]1CN(c2ccc(N3CCNNCC3)c(F)c2)C(=O)O1. The van der Waals surface area contributed by atoms with Crippen molar-refractivity contribution in [3.8, 4) is 0 Å². The van der Waals surface area contributed by atoms with E-state index >= 15 is 0 Å². The number of rotatable bonds is 3. The number of halogens is 1. The van der Waals surface area contributed by atoms with Crippen molar-refractivity contribution in [1.82, 2.24) is 10.9 Å². The molecule has 0 radical (unpaired) electrons. The Morgan fingerprint density at radius 3 is 2.64 bits per heavy atom. The molecule has 2 saturated heterocycles. The maximum absolute atomic E-state index is 14.4. The fraction of sp³-hybridized carbons (Fsp3) is 0.500. The minimum atomic E-state index is -0.481. The lowest BCUT2D eigenvalue weighted by Crippen LogP contribution is -2.32. The van der Waals surface area contributed by atoms with E-state index in [1.54, 1.807) is 12.1 Å². The van der Waals surface area contributed by atoms with Gasteiger partial charge in [-0.25, -0.2) is 9.18 Å². The fourth-order valence-corrected chi connectivity index (χ4v) is 2.69. The number of nitrogens with zero attached hydrogens (tertiary/aromatic N) is 2. The Morgan fingerprint density at radius 1 is 1.32 bits per heavy atom. The van der Waals surface area contributed by atoms with Gasteiger partial charge in [0, 0.05) is 32.7 Å². The number of amides is 1. The van der Waals surface area contributed by atoms with Gasteiger partial charge in [-0.3, -0.25) is 15.8 Å². The van der Waals surface area contributed by atoms with E-state index in [1.807, 2.05) is 4.90 Å². The van der Waals surface area contributed by atoms with Crippen LogP contribution in [0.3, 0.4) is 0 Å². The quantitative estimate of drug-likeness (QED) is 0.730. The third kappa shape index (κ3) is 2.99. The number of hydrogen-bond acceptors (Lipinski definition) is 6. The molecule has 0 aromatic heterocycles. The zero-order chi connectivity index (χ0) is 15.5. The molecule has 120 valence electrons. The second-order valence-electron chi connectivity index (χ2n) is 5.33. The largest absolute Gasteiger partial charge is 0.443 e. The molecule has 0 bridgehead atoms. The smallest absolute Gasteiger partial charge is 0.414 e. The van der Waals surface area contributed by atoms with Gasteiger partial charge in [0.1, 0.15) is 11.9 Å². The average Bonchev–Trinajstić information content (AvgIpc) is 2.73. The van der Waals surface area contributed by atoms with Gasteiger partial charge in [-0.15, -0.1) is 0 Å². The van der Waals surface area contributed by atoms with Crippen molar-refractivity contribution in [2.75, 3.05) is 49.1 Å². The summed E-state index contributed by atoms with van der Waals surface area (Å²) >= 11 is 0. The fourth-order valence-electron chi connectivity index (χ4n) is 2.69. The Hall–Kier alpha value is -1.90. The minimum absolute atomic E-state index is 0.260. The van der Waals surface area contributed by atoms with E-state index in [0.717, 1.165) is 13.1 Å². The number of nitrogens with two attached hydrogens (primary N) is 1. The summed E-state index contributed by atoms with van der Waals surface area (Å²) in [5.41, 5.74) is 12.6. The molecular weight excluding hydrogens is 289 g/mol. The highest BCUT2D eigenvalue weighted by Gasteiger charge is 2.31. The van der Waals surface area contributed by atoms with E-state index in [-0.39, 0.29) is 18.5 Å². The van der Waals surface area contributed by atoms with Crippen LogP contribution in [0.25, 0.3) is 0 Å². The van der Waals surface area contributed by atoms with Crippen LogP contribution in [0, 0.1) is 5.82 Å². The van der Waals surface area contributed by atoms with Crippen molar-refractivity contribution >= 4 is 17.5 Å². The lowest BCUT2D eigenvalue weighted by atomic mass is 10.2. The topological polar surface area (TPSA) is 82.9 Å². The number of hydrazine groups is 1. The van der Waals surface area contributed by atoms with Gasteiger partial charge in [0.05, 0.1) is 17.9 Å². The number of hydrogen-bond donors (Lipinski definition) is 3. The van der Waals surface area contributed by atoms with Gasteiger partial charge in [-0.05, 0) is 18.2 Å². The maximum Gasteiger partial charge on any atom is 0.414 e. The summed E-state index contributed by atoms with van der Waals surface area (Å²) in [6, 6.07) is 4.82. The lowest BCUT2D eigenvalue weighted by molar-refractivity contribution is 0.145. The molecule has 22 heavy (non-hydrogen) atoms. The molecule has 2 heterocycles. The molecule has 1 aromatic rings. The van der Waals surface area contributed by atoms with Crippen LogP contribution >= 0.6 is 0 Å². The Bertz CT molecular complexity index is 548. The molecule has 0 spiro atoms. The van der Waals surface area contributed by atoms with Gasteiger partial charge in [-0.2, -0.15) is 0 Å². The van der Waals surface area contributed by atoms with Crippen LogP contribution in [0.4, 0.5) is 20.6 Å². The predicted molar refractivity (Wildman–Crippen MR) is 81.3 cm³/mol. The molecule has 1 atom stereocenters. The van der Waals surface area contributed by atoms with Gasteiger partial charge in [0.15, 0.2) is 0 Å². The van der Waals surface area contributed by atoms with E-state index in [4.69, 9.17) is 10.5 Å². The first-order chi connectivity index (χ1) is 10.7. The van der Waals surface area contributed by atoms with E-state index in [9.17, 15) is 9.18 Å². The highest BCUT2D eigenvalue weighted by Crippen LogP contribution is 2.27. The predicted octanol–water partition coefficient (Wildman–Crippen LogP) is 0.0238. The Labute approximate surface area is 128 Å². The molecule has 1 amide bonds. The first-order valence-electron chi connectivity index (χ1n) is 7.37. The van der Waals surface area contributed by atoms with Crippen molar-refractivity contribution in [3.05, 3.63) is 24.0 Å². The summed E-state index contributed by atoms with van der Waals surface area (Å²) in [6.07, 6.45) is -0.816. The zero-order valence-corrected chi connectivity index (χ0v) is 12.2. The summed E-state index contributed by atoms with van der Waals surface area (Å²) in [4.78, 5) is 15.2. The average molecular weight is 309 g/mol. The molecule has 2 fully saturated rings. The van der Waals surface area contributed by atoms with Crippen LogP contribution < -0.4 is 26.4 Å². The maximum atomic E-state index is 14.4. The summed E-state index contributed by atoms with van der Waals surface area (Å²) in [6.45, 7) is 3.51. The monoisotopic (exact) mass is 309 g/mol. The number of anilines is 2.